The molecule has 2 heteroatoms. The van der Waals surface area contributed by atoms with Crippen molar-refractivity contribution in [3.05, 3.63) is 129 Å². The highest BCUT2D eigenvalue weighted by Crippen LogP contribution is 2.23. The lowest BCUT2D eigenvalue weighted by Gasteiger charge is -2.11. The second kappa shape index (κ2) is 22.2. The third-order valence-corrected chi connectivity index (χ3v) is 10.3. The van der Waals surface area contributed by atoms with Gasteiger partial charge in [0.1, 0.15) is 0 Å². The summed E-state index contributed by atoms with van der Waals surface area (Å²) in [5.74, 6) is 0. The molecule has 0 aliphatic carbocycles. The number of hydrogen-bond donors (Lipinski definition) is 2. The fraction of sp³-hybridized carbons (Fsp3) is 0.489. The summed E-state index contributed by atoms with van der Waals surface area (Å²) in [5.41, 5.74) is 25.5. The molecule has 2 nitrogen and oxygen atoms in total. The number of rotatable bonds is 24. The highest BCUT2D eigenvalue weighted by Gasteiger charge is 2.07. The Morgan fingerprint density at radius 2 is 0.653 bits per heavy atom. The maximum Gasteiger partial charge on any atom is 0.0316 e. The van der Waals surface area contributed by atoms with Gasteiger partial charge >= 0.3 is 0 Å². The Labute approximate surface area is 300 Å². The van der Waals surface area contributed by atoms with Crippen LogP contribution in [0.4, 0.5) is 11.4 Å². The van der Waals surface area contributed by atoms with E-state index in [2.05, 4.69) is 98.8 Å². The SMILES string of the molecule is CCCCCc1cc(N)ccc1Cc1ccc(CCCCCCCCCCCc2ccc(Cc3ccc(N)cc3CCCCC)cc2)cc1. The lowest BCUT2D eigenvalue weighted by atomic mass is 9.94. The Kier molecular flexibility index (Phi) is 17.4. The molecule has 0 heterocycles. The molecule has 0 atom stereocenters. The molecule has 0 amide bonds. The van der Waals surface area contributed by atoms with E-state index in [1.165, 1.54) is 154 Å². The van der Waals surface area contributed by atoms with Crippen LogP contribution < -0.4 is 11.5 Å². The summed E-state index contributed by atoms with van der Waals surface area (Å²) in [5, 5.41) is 0. The van der Waals surface area contributed by atoms with E-state index in [0.717, 1.165) is 37.1 Å². The molecule has 0 saturated heterocycles. The highest BCUT2D eigenvalue weighted by molar-refractivity contribution is 5.47. The Morgan fingerprint density at radius 3 is 1.02 bits per heavy atom. The van der Waals surface area contributed by atoms with Crippen molar-refractivity contribution in [2.75, 3.05) is 11.5 Å². The Hall–Kier alpha value is -3.52. The Morgan fingerprint density at radius 1 is 0.327 bits per heavy atom. The van der Waals surface area contributed by atoms with Gasteiger partial charge in [0.2, 0.25) is 0 Å². The van der Waals surface area contributed by atoms with Crippen LogP contribution in [0, 0.1) is 0 Å². The zero-order chi connectivity index (χ0) is 34.5. The van der Waals surface area contributed by atoms with Crippen molar-refractivity contribution in [3.63, 3.8) is 0 Å². The van der Waals surface area contributed by atoms with Crippen LogP contribution in [0.3, 0.4) is 0 Å². The van der Waals surface area contributed by atoms with E-state index >= 15 is 0 Å². The number of aryl methyl sites for hydroxylation is 4. The third-order valence-electron chi connectivity index (χ3n) is 10.3. The monoisotopic (exact) mass is 659 g/mol. The highest BCUT2D eigenvalue weighted by atomic mass is 14.5. The number of nitrogens with two attached hydrogens (primary N) is 2. The summed E-state index contributed by atoms with van der Waals surface area (Å²) in [4.78, 5) is 0. The van der Waals surface area contributed by atoms with Gasteiger partial charge in [0.05, 0.1) is 0 Å². The molecule has 4 N–H and O–H groups in total. The van der Waals surface area contributed by atoms with Gasteiger partial charge in [-0.1, -0.05) is 145 Å². The molecule has 264 valence electrons. The maximum absolute atomic E-state index is 6.11. The molecule has 0 saturated carbocycles. The molecule has 0 fully saturated rings. The van der Waals surface area contributed by atoms with Gasteiger partial charge in [-0.2, -0.15) is 0 Å². The average molecular weight is 659 g/mol. The molecule has 49 heavy (non-hydrogen) atoms. The van der Waals surface area contributed by atoms with E-state index in [-0.39, 0.29) is 0 Å². The molecule has 0 aliphatic heterocycles. The van der Waals surface area contributed by atoms with E-state index in [0.29, 0.717) is 0 Å². The van der Waals surface area contributed by atoms with Crippen LogP contribution in [0.1, 0.15) is 155 Å². The predicted octanol–water partition coefficient (Wildman–Crippen LogP) is 12.8. The standard InChI is InChI=1S/C47H66N2/c1-3-5-14-20-42-36-46(48)32-30-44(42)34-40-26-22-38(23-27-40)18-16-12-10-8-7-9-11-13-17-19-39-24-28-41(29-25-39)35-45-31-33-47(49)37-43(45)21-15-6-4-2/h22-33,36-37H,3-21,34-35,48-49H2,1-2H3. The smallest absolute Gasteiger partial charge is 0.0316 e. The molecule has 4 aromatic rings. The Balaban J connectivity index is 1.03. The van der Waals surface area contributed by atoms with Crippen LogP contribution in [-0.2, 0) is 38.5 Å². The lowest BCUT2D eigenvalue weighted by Crippen LogP contribution is -1.99. The maximum atomic E-state index is 6.11. The minimum atomic E-state index is 0.886. The number of hydrogen-bond acceptors (Lipinski definition) is 2. The number of benzene rings is 4. The van der Waals surface area contributed by atoms with Crippen molar-refractivity contribution in [1.29, 1.82) is 0 Å². The average Bonchev–Trinajstić information content (AvgIpc) is 3.11. The molecule has 4 rings (SSSR count). The molecule has 0 radical (unpaired) electrons. The zero-order valence-electron chi connectivity index (χ0n) is 31.1. The van der Waals surface area contributed by atoms with Crippen LogP contribution >= 0.6 is 0 Å². The second-order valence-corrected chi connectivity index (χ2v) is 14.6. The number of anilines is 2. The van der Waals surface area contributed by atoms with Crippen molar-refractivity contribution in [1.82, 2.24) is 0 Å². The Bertz CT molecular complexity index is 1350. The van der Waals surface area contributed by atoms with Gasteiger partial charge in [-0.05, 0) is 133 Å². The quantitative estimate of drug-likeness (QED) is 0.0581. The van der Waals surface area contributed by atoms with Crippen LogP contribution in [0.25, 0.3) is 0 Å². The molecule has 0 bridgehead atoms. The van der Waals surface area contributed by atoms with Crippen molar-refractivity contribution >= 4 is 11.4 Å². The van der Waals surface area contributed by atoms with Crippen molar-refractivity contribution in [2.24, 2.45) is 0 Å². The first-order valence-corrected chi connectivity index (χ1v) is 19.9. The first-order valence-electron chi connectivity index (χ1n) is 19.9. The van der Waals surface area contributed by atoms with E-state index in [9.17, 15) is 0 Å². The van der Waals surface area contributed by atoms with Gasteiger partial charge in [0.25, 0.3) is 0 Å². The van der Waals surface area contributed by atoms with Crippen molar-refractivity contribution < 1.29 is 0 Å². The number of unbranched alkanes of at least 4 members (excludes halogenated alkanes) is 12. The van der Waals surface area contributed by atoms with E-state index in [4.69, 9.17) is 11.5 Å². The van der Waals surface area contributed by atoms with Crippen LogP contribution in [0.15, 0.2) is 84.9 Å². The molecule has 0 aliphatic rings. The molecular weight excluding hydrogens is 593 g/mol. The van der Waals surface area contributed by atoms with E-state index < -0.39 is 0 Å². The summed E-state index contributed by atoms with van der Waals surface area (Å²) < 4.78 is 0. The normalized spacial score (nSPS) is 11.3. The fourth-order valence-electron chi connectivity index (χ4n) is 7.22. The molecule has 0 unspecified atom stereocenters. The predicted molar refractivity (Wildman–Crippen MR) is 216 cm³/mol. The van der Waals surface area contributed by atoms with Gasteiger partial charge < -0.3 is 11.5 Å². The number of nitrogen functional groups attached to an aromatic ring is 2. The van der Waals surface area contributed by atoms with E-state index in [1.807, 2.05) is 0 Å². The molecule has 4 aromatic carbocycles. The summed E-state index contributed by atoms with van der Waals surface area (Å²) in [7, 11) is 0. The van der Waals surface area contributed by atoms with E-state index in [1.54, 1.807) is 0 Å². The topological polar surface area (TPSA) is 52.0 Å². The minimum absolute atomic E-state index is 0.886. The first kappa shape index (κ1) is 38.3. The van der Waals surface area contributed by atoms with Gasteiger partial charge in [-0.15, -0.1) is 0 Å². The third kappa shape index (κ3) is 14.5. The summed E-state index contributed by atoms with van der Waals surface area (Å²) in [6, 6.07) is 31.7. The second-order valence-electron chi connectivity index (χ2n) is 14.6. The van der Waals surface area contributed by atoms with Crippen LogP contribution in [0.2, 0.25) is 0 Å². The van der Waals surface area contributed by atoms with Crippen molar-refractivity contribution in [3.8, 4) is 0 Å². The molecular formula is C47H66N2. The lowest BCUT2D eigenvalue weighted by molar-refractivity contribution is 0.558. The molecule has 0 spiro atoms. The van der Waals surface area contributed by atoms with Crippen LogP contribution in [-0.4, -0.2) is 0 Å². The van der Waals surface area contributed by atoms with Crippen molar-refractivity contribution in [2.45, 2.75) is 149 Å². The summed E-state index contributed by atoms with van der Waals surface area (Å²) in [6.45, 7) is 4.53. The summed E-state index contributed by atoms with van der Waals surface area (Å²) >= 11 is 0. The zero-order valence-corrected chi connectivity index (χ0v) is 31.1. The van der Waals surface area contributed by atoms with Gasteiger partial charge in [-0.25, -0.2) is 0 Å². The van der Waals surface area contributed by atoms with Gasteiger partial charge in [-0.3, -0.25) is 0 Å². The largest absolute Gasteiger partial charge is 0.399 e. The van der Waals surface area contributed by atoms with Gasteiger partial charge in [0.15, 0.2) is 0 Å². The van der Waals surface area contributed by atoms with Gasteiger partial charge in [0, 0.05) is 11.4 Å². The fourth-order valence-corrected chi connectivity index (χ4v) is 7.22. The summed E-state index contributed by atoms with van der Waals surface area (Å²) in [6.07, 6.45) is 26.5. The molecule has 0 aromatic heterocycles. The minimum Gasteiger partial charge on any atom is -0.399 e. The first-order chi connectivity index (χ1) is 24.0. The van der Waals surface area contributed by atoms with Crippen LogP contribution in [0.5, 0.6) is 0 Å².